The quantitative estimate of drug-likeness (QED) is 0.590. The minimum absolute atomic E-state index is 0.0446. The number of fused-ring (bicyclic) bond motifs is 1. The molecule has 4 rings (SSSR count). The van der Waals surface area contributed by atoms with Crippen molar-refractivity contribution >= 4 is 44.3 Å². The number of benzene rings is 2. The SMILES string of the molecule is CC(=O)NS(=O)(=O)c1ccc(C2(NC(=O)c3cc4c(Cl)c(C)ccc4n3C)COC2)cc1. The number of sulfonamides is 1. The van der Waals surface area contributed by atoms with Gasteiger partial charge in [-0.05, 0) is 42.3 Å². The van der Waals surface area contributed by atoms with Crippen LogP contribution in [0.5, 0.6) is 0 Å². The topological polar surface area (TPSA) is 107 Å². The Balaban J connectivity index is 1.63. The molecule has 1 aliphatic heterocycles. The fourth-order valence-corrected chi connectivity index (χ4v) is 5.01. The second-order valence-corrected chi connectivity index (χ2v) is 9.99. The molecule has 8 nitrogen and oxygen atoms in total. The molecule has 1 aromatic heterocycles. The van der Waals surface area contributed by atoms with Crippen molar-refractivity contribution in [1.82, 2.24) is 14.6 Å². The zero-order chi connectivity index (χ0) is 23.3. The number of rotatable bonds is 5. The summed E-state index contributed by atoms with van der Waals surface area (Å²) in [7, 11) is -2.14. The van der Waals surface area contributed by atoms with Crippen LogP contribution >= 0.6 is 11.6 Å². The van der Waals surface area contributed by atoms with Gasteiger partial charge in [0.25, 0.3) is 15.9 Å². The van der Waals surface area contributed by atoms with Crippen molar-refractivity contribution < 1.29 is 22.7 Å². The van der Waals surface area contributed by atoms with E-state index in [1.807, 2.05) is 23.8 Å². The zero-order valence-corrected chi connectivity index (χ0v) is 19.3. The van der Waals surface area contributed by atoms with Gasteiger partial charge in [-0.1, -0.05) is 29.8 Å². The van der Waals surface area contributed by atoms with Crippen LogP contribution in [0, 0.1) is 6.92 Å². The number of amides is 2. The van der Waals surface area contributed by atoms with Crippen LogP contribution in [0.15, 0.2) is 47.4 Å². The van der Waals surface area contributed by atoms with Gasteiger partial charge < -0.3 is 14.6 Å². The van der Waals surface area contributed by atoms with Crippen molar-refractivity contribution in [1.29, 1.82) is 0 Å². The molecule has 0 spiro atoms. The molecule has 0 unspecified atom stereocenters. The number of carbonyl (C=O) groups excluding carboxylic acids is 2. The van der Waals surface area contributed by atoms with Gasteiger partial charge in [0.1, 0.15) is 11.2 Å². The van der Waals surface area contributed by atoms with Gasteiger partial charge in [0.05, 0.1) is 23.1 Å². The normalized spacial score (nSPS) is 15.2. The van der Waals surface area contributed by atoms with E-state index in [1.165, 1.54) is 12.1 Å². The minimum atomic E-state index is -3.94. The predicted octanol–water partition coefficient (Wildman–Crippen LogP) is 2.62. The van der Waals surface area contributed by atoms with Gasteiger partial charge in [0.15, 0.2) is 0 Å². The van der Waals surface area contributed by atoms with Crippen LogP contribution in [0.3, 0.4) is 0 Å². The van der Waals surface area contributed by atoms with Gasteiger partial charge >= 0.3 is 0 Å². The van der Waals surface area contributed by atoms with Crippen molar-refractivity contribution in [3.05, 3.63) is 64.3 Å². The average molecular weight is 476 g/mol. The van der Waals surface area contributed by atoms with E-state index in [0.29, 0.717) is 16.3 Å². The maximum Gasteiger partial charge on any atom is 0.268 e. The molecule has 2 amide bonds. The number of aromatic nitrogens is 1. The van der Waals surface area contributed by atoms with E-state index < -0.39 is 21.5 Å². The first kappa shape index (κ1) is 22.3. The molecule has 2 aromatic carbocycles. The number of ether oxygens (including phenoxy) is 1. The highest BCUT2D eigenvalue weighted by molar-refractivity contribution is 7.90. The fourth-order valence-electron chi connectivity index (χ4n) is 3.80. The number of nitrogens with zero attached hydrogens (tertiary/aromatic N) is 1. The summed E-state index contributed by atoms with van der Waals surface area (Å²) in [6, 6.07) is 11.6. The van der Waals surface area contributed by atoms with Crippen LogP contribution in [-0.2, 0) is 32.1 Å². The molecule has 1 saturated heterocycles. The Morgan fingerprint density at radius 3 is 2.34 bits per heavy atom. The molecule has 0 saturated carbocycles. The summed E-state index contributed by atoms with van der Waals surface area (Å²) in [6.07, 6.45) is 0. The van der Waals surface area contributed by atoms with E-state index in [1.54, 1.807) is 29.8 Å². The van der Waals surface area contributed by atoms with Gasteiger partial charge in [-0.2, -0.15) is 0 Å². The van der Waals surface area contributed by atoms with Crippen molar-refractivity contribution in [3.63, 3.8) is 0 Å². The molecule has 32 heavy (non-hydrogen) atoms. The van der Waals surface area contributed by atoms with Crippen LogP contribution in [0.1, 0.15) is 28.5 Å². The molecule has 2 heterocycles. The fraction of sp³-hybridized carbons (Fsp3) is 0.273. The van der Waals surface area contributed by atoms with Gasteiger partial charge in [-0.3, -0.25) is 9.59 Å². The third kappa shape index (κ3) is 3.76. The van der Waals surface area contributed by atoms with Crippen molar-refractivity contribution in [2.75, 3.05) is 13.2 Å². The standard InChI is InChI=1S/C22H22ClN3O5S/c1-13-4-9-18-17(20(13)23)10-19(26(18)3)21(28)24-22(11-31-12-22)15-5-7-16(8-6-15)32(29,30)25-14(2)27/h4-10H,11-12H2,1-3H3,(H,24,28)(H,25,27). The molecule has 0 bridgehead atoms. The lowest BCUT2D eigenvalue weighted by atomic mass is 9.88. The minimum Gasteiger partial charge on any atom is -0.376 e. The van der Waals surface area contributed by atoms with Crippen LogP contribution in [0.4, 0.5) is 0 Å². The molecule has 1 fully saturated rings. The lowest BCUT2D eigenvalue weighted by Gasteiger charge is -2.42. The number of hydrogen-bond donors (Lipinski definition) is 2. The monoisotopic (exact) mass is 475 g/mol. The molecular formula is C22H22ClN3O5S. The van der Waals surface area contributed by atoms with E-state index in [0.717, 1.165) is 23.4 Å². The van der Waals surface area contributed by atoms with Crippen molar-refractivity contribution in [2.45, 2.75) is 24.3 Å². The molecule has 0 aliphatic carbocycles. The summed E-state index contributed by atoms with van der Waals surface area (Å²) in [5.74, 6) is -0.967. The van der Waals surface area contributed by atoms with E-state index in [9.17, 15) is 18.0 Å². The molecule has 168 valence electrons. The molecule has 1 aliphatic rings. The van der Waals surface area contributed by atoms with Gasteiger partial charge in [0, 0.05) is 24.9 Å². The predicted molar refractivity (Wildman–Crippen MR) is 120 cm³/mol. The van der Waals surface area contributed by atoms with Gasteiger partial charge in [0.2, 0.25) is 5.91 Å². The molecule has 2 N–H and O–H groups in total. The summed E-state index contributed by atoms with van der Waals surface area (Å²) in [4.78, 5) is 24.3. The average Bonchev–Trinajstić information content (AvgIpc) is 3.04. The summed E-state index contributed by atoms with van der Waals surface area (Å²) >= 11 is 6.43. The maximum absolute atomic E-state index is 13.2. The summed E-state index contributed by atoms with van der Waals surface area (Å²) in [6.45, 7) is 3.54. The van der Waals surface area contributed by atoms with Crippen molar-refractivity contribution in [3.8, 4) is 0 Å². The van der Waals surface area contributed by atoms with E-state index in [4.69, 9.17) is 16.3 Å². The number of halogens is 1. The van der Waals surface area contributed by atoms with E-state index >= 15 is 0 Å². The number of hydrogen-bond acceptors (Lipinski definition) is 5. The molecule has 3 aromatic rings. The first-order valence-electron chi connectivity index (χ1n) is 9.83. The molecule has 0 atom stereocenters. The van der Waals surface area contributed by atoms with Gasteiger partial charge in [-0.15, -0.1) is 0 Å². The molecule has 10 heteroatoms. The molecular weight excluding hydrogens is 454 g/mol. The lowest BCUT2D eigenvalue weighted by Crippen LogP contribution is -2.59. The second-order valence-electron chi connectivity index (χ2n) is 7.93. The van der Waals surface area contributed by atoms with Crippen LogP contribution < -0.4 is 10.0 Å². The number of nitrogens with one attached hydrogen (secondary N) is 2. The first-order valence-corrected chi connectivity index (χ1v) is 11.7. The van der Waals surface area contributed by atoms with Crippen LogP contribution in [0.25, 0.3) is 10.9 Å². The Labute approximate surface area is 190 Å². The second kappa shape index (κ2) is 7.91. The Hall–Kier alpha value is -2.88. The molecule has 0 radical (unpaired) electrons. The van der Waals surface area contributed by atoms with Crippen LogP contribution in [-0.4, -0.2) is 38.0 Å². The number of aryl methyl sites for hydroxylation is 2. The Morgan fingerprint density at radius 1 is 1.12 bits per heavy atom. The third-order valence-corrected chi connectivity index (χ3v) is 7.58. The van der Waals surface area contributed by atoms with E-state index in [2.05, 4.69) is 5.32 Å². The maximum atomic E-state index is 13.2. The van der Waals surface area contributed by atoms with Crippen LogP contribution in [0.2, 0.25) is 5.02 Å². The summed E-state index contributed by atoms with van der Waals surface area (Å²) in [5.41, 5.74) is 2.13. The Morgan fingerprint density at radius 2 is 1.78 bits per heavy atom. The zero-order valence-electron chi connectivity index (χ0n) is 17.7. The highest BCUT2D eigenvalue weighted by atomic mass is 35.5. The van der Waals surface area contributed by atoms with Gasteiger partial charge in [-0.25, -0.2) is 13.1 Å². The summed E-state index contributed by atoms with van der Waals surface area (Å²) in [5, 5.41) is 4.45. The third-order valence-electron chi connectivity index (χ3n) is 5.63. The van der Waals surface area contributed by atoms with Crippen molar-refractivity contribution in [2.24, 2.45) is 7.05 Å². The highest BCUT2D eigenvalue weighted by Gasteiger charge is 2.42. The smallest absolute Gasteiger partial charge is 0.268 e. The highest BCUT2D eigenvalue weighted by Crippen LogP contribution is 2.33. The lowest BCUT2D eigenvalue weighted by molar-refractivity contribution is -0.117. The summed E-state index contributed by atoms with van der Waals surface area (Å²) < 4.78 is 33.5. The Kier molecular flexibility index (Phi) is 5.52. The number of carbonyl (C=O) groups is 2. The Bertz CT molecular complexity index is 1340. The first-order chi connectivity index (χ1) is 15.0. The van der Waals surface area contributed by atoms with E-state index in [-0.39, 0.29) is 24.0 Å². The largest absolute Gasteiger partial charge is 0.376 e.